The molecule has 0 saturated carbocycles. The van der Waals surface area contributed by atoms with Crippen molar-refractivity contribution in [1.82, 2.24) is 10.6 Å². The molecule has 0 aliphatic carbocycles. The van der Waals surface area contributed by atoms with Gasteiger partial charge >= 0.3 is 0 Å². The topological polar surface area (TPSA) is 41.1 Å². The molecule has 1 unspecified atom stereocenters. The number of hydrogen-bond acceptors (Lipinski definition) is 2. The molecule has 0 bridgehead atoms. The van der Waals surface area contributed by atoms with Gasteiger partial charge in [-0.15, -0.1) is 0 Å². The maximum Gasteiger partial charge on any atom is 0.237 e. The zero-order valence-electron chi connectivity index (χ0n) is 9.00. The molecule has 1 fully saturated rings. The number of halogens is 1. The van der Waals surface area contributed by atoms with Gasteiger partial charge < -0.3 is 10.6 Å². The van der Waals surface area contributed by atoms with Gasteiger partial charge in [0.1, 0.15) is 5.82 Å². The van der Waals surface area contributed by atoms with E-state index >= 15 is 0 Å². The molecular formula is C12H15FN2O. The van der Waals surface area contributed by atoms with Crippen LogP contribution >= 0.6 is 0 Å². The quantitative estimate of drug-likeness (QED) is 0.806. The third-order valence-electron chi connectivity index (χ3n) is 2.76. The molecule has 1 aliphatic rings. The molecule has 1 amide bonds. The Morgan fingerprint density at radius 2 is 2.19 bits per heavy atom. The number of rotatable bonds is 3. The highest BCUT2D eigenvalue weighted by Crippen LogP contribution is 2.06. The molecular weight excluding hydrogens is 207 g/mol. The number of benzene rings is 1. The largest absolute Gasteiger partial charge is 0.351 e. The molecule has 0 aromatic heterocycles. The normalized spacial score (nSPS) is 19.7. The Labute approximate surface area is 94.0 Å². The Hall–Kier alpha value is -1.42. The van der Waals surface area contributed by atoms with Crippen molar-refractivity contribution >= 4 is 5.91 Å². The Balaban J connectivity index is 1.82. The molecule has 0 radical (unpaired) electrons. The lowest BCUT2D eigenvalue weighted by Gasteiger charge is -2.10. The van der Waals surface area contributed by atoms with Crippen LogP contribution in [0.4, 0.5) is 4.39 Å². The summed E-state index contributed by atoms with van der Waals surface area (Å²) in [4.78, 5) is 11.6. The van der Waals surface area contributed by atoms with Gasteiger partial charge in [0, 0.05) is 6.54 Å². The van der Waals surface area contributed by atoms with Gasteiger partial charge in [-0.2, -0.15) is 0 Å². The van der Waals surface area contributed by atoms with Crippen LogP contribution in [0.25, 0.3) is 0 Å². The predicted molar refractivity (Wildman–Crippen MR) is 59.3 cm³/mol. The summed E-state index contributed by atoms with van der Waals surface area (Å²) in [5, 5.41) is 5.97. The lowest BCUT2D eigenvalue weighted by Crippen LogP contribution is -2.39. The van der Waals surface area contributed by atoms with Crippen molar-refractivity contribution < 1.29 is 9.18 Å². The van der Waals surface area contributed by atoms with Crippen molar-refractivity contribution in [2.24, 2.45) is 0 Å². The van der Waals surface area contributed by atoms with Gasteiger partial charge in [0.15, 0.2) is 0 Å². The van der Waals surface area contributed by atoms with Gasteiger partial charge in [-0.05, 0) is 37.1 Å². The standard InChI is InChI=1S/C12H15FN2O/c13-10-5-3-9(4-6-10)8-15-12(16)11-2-1-7-14-11/h3-6,11,14H,1-2,7-8H2,(H,15,16). The monoisotopic (exact) mass is 222 g/mol. The molecule has 86 valence electrons. The summed E-state index contributed by atoms with van der Waals surface area (Å²) in [7, 11) is 0. The lowest BCUT2D eigenvalue weighted by atomic mass is 10.2. The second kappa shape index (κ2) is 5.07. The van der Waals surface area contributed by atoms with E-state index in [1.807, 2.05) is 0 Å². The summed E-state index contributed by atoms with van der Waals surface area (Å²) in [6.45, 7) is 1.37. The molecule has 0 spiro atoms. The fourth-order valence-electron chi connectivity index (χ4n) is 1.82. The van der Waals surface area contributed by atoms with E-state index in [2.05, 4.69) is 10.6 Å². The van der Waals surface area contributed by atoms with Crippen molar-refractivity contribution in [2.45, 2.75) is 25.4 Å². The minimum Gasteiger partial charge on any atom is -0.351 e. The van der Waals surface area contributed by atoms with Crippen LogP contribution in [0.1, 0.15) is 18.4 Å². The predicted octanol–water partition coefficient (Wildman–Crippen LogP) is 1.19. The van der Waals surface area contributed by atoms with Crippen LogP contribution in [-0.4, -0.2) is 18.5 Å². The average molecular weight is 222 g/mol. The van der Waals surface area contributed by atoms with Crippen LogP contribution in [0.3, 0.4) is 0 Å². The fourth-order valence-corrected chi connectivity index (χ4v) is 1.82. The summed E-state index contributed by atoms with van der Waals surface area (Å²) < 4.78 is 12.6. The first-order chi connectivity index (χ1) is 7.75. The molecule has 1 aliphatic heterocycles. The molecule has 2 rings (SSSR count). The van der Waals surface area contributed by atoms with E-state index in [0.717, 1.165) is 24.9 Å². The Morgan fingerprint density at radius 3 is 2.81 bits per heavy atom. The molecule has 2 N–H and O–H groups in total. The minimum absolute atomic E-state index is 0.0295. The van der Waals surface area contributed by atoms with Gasteiger partial charge in [0.05, 0.1) is 6.04 Å². The fraction of sp³-hybridized carbons (Fsp3) is 0.417. The van der Waals surface area contributed by atoms with E-state index < -0.39 is 0 Å². The van der Waals surface area contributed by atoms with E-state index in [-0.39, 0.29) is 17.8 Å². The van der Waals surface area contributed by atoms with Crippen molar-refractivity contribution in [3.8, 4) is 0 Å². The van der Waals surface area contributed by atoms with Crippen LogP contribution < -0.4 is 10.6 Å². The molecule has 1 saturated heterocycles. The third kappa shape index (κ3) is 2.79. The van der Waals surface area contributed by atoms with Crippen LogP contribution in [-0.2, 0) is 11.3 Å². The highest BCUT2D eigenvalue weighted by molar-refractivity contribution is 5.81. The van der Waals surface area contributed by atoms with Crippen LogP contribution in [0.5, 0.6) is 0 Å². The maximum absolute atomic E-state index is 12.6. The zero-order valence-corrected chi connectivity index (χ0v) is 9.00. The average Bonchev–Trinajstić information content (AvgIpc) is 2.81. The maximum atomic E-state index is 12.6. The highest BCUT2D eigenvalue weighted by atomic mass is 19.1. The molecule has 1 heterocycles. The van der Waals surface area contributed by atoms with E-state index in [4.69, 9.17) is 0 Å². The number of carbonyl (C=O) groups excluding carboxylic acids is 1. The first-order valence-corrected chi connectivity index (χ1v) is 5.51. The van der Waals surface area contributed by atoms with Gasteiger partial charge in [-0.3, -0.25) is 4.79 Å². The van der Waals surface area contributed by atoms with Gasteiger partial charge in [-0.1, -0.05) is 12.1 Å². The summed E-state index contributed by atoms with van der Waals surface area (Å²) >= 11 is 0. The number of carbonyl (C=O) groups is 1. The minimum atomic E-state index is -0.257. The second-order valence-electron chi connectivity index (χ2n) is 3.99. The Morgan fingerprint density at radius 1 is 1.44 bits per heavy atom. The Bertz CT molecular complexity index is 358. The molecule has 1 atom stereocenters. The molecule has 1 aromatic rings. The molecule has 1 aromatic carbocycles. The lowest BCUT2D eigenvalue weighted by molar-refractivity contribution is -0.122. The van der Waals surface area contributed by atoms with Crippen molar-refractivity contribution in [1.29, 1.82) is 0 Å². The van der Waals surface area contributed by atoms with E-state index in [1.54, 1.807) is 12.1 Å². The van der Waals surface area contributed by atoms with Crippen molar-refractivity contribution in [2.75, 3.05) is 6.54 Å². The van der Waals surface area contributed by atoms with Gasteiger partial charge in [-0.25, -0.2) is 4.39 Å². The first kappa shape index (κ1) is 11.1. The van der Waals surface area contributed by atoms with Crippen molar-refractivity contribution in [3.05, 3.63) is 35.6 Å². The third-order valence-corrected chi connectivity index (χ3v) is 2.76. The highest BCUT2D eigenvalue weighted by Gasteiger charge is 2.21. The van der Waals surface area contributed by atoms with Crippen LogP contribution in [0, 0.1) is 5.82 Å². The van der Waals surface area contributed by atoms with Crippen LogP contribution in [0.2, 0.25) is 0 Å². The number of nitrogens with one attached hydrogen (secondary N) is 2. The summed E-state index contributed by atoms with van der Waals surface area (Å²) in [5.41, 5.74) is 0.910. The first-order valence-electron chi connectivity index (χ1n) is 5.51. The number of hydrogen-bond donors (Lipinski definition) is 2. The summed E-state index contributed by atoms with van der Waals surface area (Å²) in [5.74, 6) is -0.227. The second-order valence-corrected chi connectivity index (χ2v) is 3.99. The van der Waals surface area contributed by atoms with E-state index in [0.29, 0.717) is 6.54 Å². The molecule has 3 nitrogen and oxygen atoms in total. The molecule has 4 heteroatoms. The molecule has 16 heavy (non-hydrogen) atoms. The van der Waals surface area contributed by atoms with Gasteiger partial charge in [0.2, 0.25) is 5.91 Å². The summed E-state index contributed by atoms with van der Waals surface area (Å²) in [6.07, 6.45) is 1.95. The Kier molecular flexibility index (Phi) is 3.51. The smallest absolute Gasteiger partial charge is 0.237 e. The van der Waals surface area contributed by atoms with E-state index in [9.17, 15) is 9.18 Å². The van der Waals surface area contributed by atoms with E-state index in [1.165, 1.54) is 12.1 Å². The SMILES string of the molecule is O=C(NCc1ccc(F)cc1)C1CCCN1. The zero-order chi connectivity index (χ0) is 11.4. The number of amides is 1. The van der Waals surface area contributed by atoms with Crippen LogP contribution in [0.15, 0.2) is 24.3 Å². The summed E-state index contributed by atoms with van der Waals surface area (Å²) in [6, 6.07) is 6.10. The van der Waals surface area contributed by atoms with Gasteiger partial charge in [0.25, 0.3) is 0 Å². The van der Waals surface area contributed by atoms with Crippen molar-refractivity contribution in [3.63, 3.8) is 0 Å².